The molecule has 3 nitrogen and oxygen atoms in total. The quantitative estimate of drug-likeness (QED) is 0.839. The molecule has 0 aliphatic heterocycles. The normalized spacial score (nSPS) is 10.6. The molecule has 0 fully saturated rings. The van der Waals surface area contributed by atoms with Gasteiger partial charge in [-0.15, -0.1) is 11.3 Å². The van der Waals surface area contributed by atoms with Crippen molar-refractivity contribution in [3.05, 3.63) is 49.6 Å². The molecule has 0 saturated carbocycles. The van der Waals surface area contributed by atoms with Gasteiger partial charge < -0.3 is 10.4 Å². The van der Waals surface area contributed by atoms with Crippen molar-refractivity contribution in [3.63, 3.8) is 0 Å². The van der Waals surface area contributed by atoms with Crippen LogP contribution in [0.3, 0.4) is 0 Å². The summed E-state index contributed by atoms with van der Waals surface area (Å²) in [6.07, 6.45) is 0.0952. The molecule has 1 heterocycles. The van der Waals surface area contributed by atoms with Gasteiger partial charge in [0, 0.05) is 20.8 Å². The molecular weight excluding hydrogens is 338 g/mol. The van der Waals surface area contributed by atoms with E-state index in [1.165, 1.54) is 22.5 Å². The lowest BCUT2D eigenvalue weighted by atomic mass is 10.1. The Labute approximate surface area is 130 Å². The van der Waals surface area contributed by atoms with Crippen LogP contribution in [-0.4, -0.2) is 11.1 Å². The molecule has 0 aliphatic rings. The summed E-state index contributed by atoms with van der Waals surface area (Å²) in [4.78, 5) is 12.7. The molecule has 0 saturated heterocycles. The molecule has 1 aromatic carbocycles. The monoisotopic (exact) mass is 353 g/mol. The first-order valence-corrected chi connectivity index (χ1v) is 7.86. The van der Waals surface area contributed by atoms with Crippen molar-refractivity contribution in [1.29, 1.82) is 0 Å². The van der Waals surface area contributed by atoms with Crippen molar-refractivity contribution >= 4 is 38.9 Å². The third kappa shape index (κ3) is 3.84. The fraction of sp³-hybridized carbons (Fsp3) is 0.267. The molecule has 2 N–H and O–H groups in total. The van der Waals surface area contributed by atoms with Gasteiger partial charge >= 0.3 is 5.97 Å². The summed E-state index contributed by atoms with van der Waals surface area (Å²) in [6, 6.07) is 8.08. The van der Waals surface area contributed by atoms with E-state index in [1.54, 1.807) is 0 Å². The lowest BCUT2D eigenvalue weighted by Gasteiger charge is -2.12. The van der Waals surface area contributed by atoms with E-state index in [-0.39, 0.29) is 6.42 Å². The lowest BCUT2D eigenvalue weighted by Crippen LogP contribution is -2.01. The first-order chi connectivity index (χ1) is 9.45. The molecule has 1 aromatic heterocycles. The number of thiophene rings is 1. The van der Waals surface area contributed by atoms with E-state index in [0.717, 1.165) is 19.9 Å². The zero-order valence-corrected chi connectivity index (χ0v) is 13.8. The van der Waals surface area contributed by atoms with Gasteiger partial charge in [-0.3, -0.25) is 4.79 Å². The summed E-state index contributed by atoms with van der Waals surface area (Å²) < 4.78 is 1.05. The van der Waals surface area contributed by atoms with E-state index in [2.05, 4.69) is 47.2 Å². The Morgan fingerprint density at radius 1 is 1.30 bits per heavy atom. The number of carbonyl (C=O) groups is 1. The second-order valence-electron chi connectivity index (χ2n) is 4.73. The number of hydrogen-bond acceptors (Lipinski definition) is 3. The summed E-state index contributed by atoms with van der Waals surface area (Å²) in [5.74, 6) is -0.788. The number of anilines is 1. The zero-order valence-electron chi connectivity index (χ0n) is 11.4. The van der Waals surface area contributed by atoms with Crippen LogP contribution in [-0.2, 0) is 17.8 Å². The van der Waals surface area contributed by atoms with E-state index in [1.807, 2.05) is 12.1 Å². The highest BCUT2D eigenvalue weighted by Gasteiger charge is 2.07. The van der Waals surface area contributed by atoms with Crippen LogP contribution < -0.4 is 5.32 Å². The molecule has 0 radical (unpaired) electrons. The summed E-state index contributed by atoms with van der Waals surface area (Å²) in [5, 5.41) is 12.2. The average Bonchev–Trinajstić information content (AvgIpc) is 2.74. The second kappa shape index (κ2) is 6.41. The maximum Gasteiger partial charge on any atom is 0.308 e. The SMILES string of the molecule is Cc1cc(C)c(NCc2ccc(CC(=O)O)s2)c(Br)c1. The van der Waals surface area contributed by atoms with Gasteiger partial charge in [0.25, 0.3) is 0 Å². The highest BCUT2D eigenvalue weighted by molar-refractivity contribution is 9.10. The Morgan fingerprint density at radius 2 is 2.00 bits per heavy atom. The standard InChI is InChI=1S/C15H16BrNO2S/c1-9-5-10(2)15(13(16)6-9)17-8-12-4-3-11(20-12)7-14(18)19/h3-6,17H,7-8H2,1-2H3,(H,18,19). The van der Waals surface area contributed by atoms with Crippen LogP contribution in [0.1, 0.15) is 20.9 Å². The van der Waals surface area contributed by atoms with Gasteiger partial charge in [-0.1, -0.05) is 6.07 Å². The molecule has 2 rings (SSSR count). The van der Waals surface area contributed by atoms with Gasteiger partial charge in [-0.2, -0.15) is 0 Å². The van der Waals surface area contributed by atoms with Crippen LogP contribution in [0.2, 0.25) is 0 Å². The molecule has 0 bridgehead atoms. The molecule has 5 heteroatoms. The van der Waals surface area contributed by atoms with Crippen LogP contribution >= 0.6 is 27.3 Å². The molecule has 0 aliphatic carbocycles. The maximum absolute atomic E-state index is 10.7. The van der Waals surface area contributed by atoms with E-state index in [4.69, 9.17) is 5.11 Å². The predicted molar refractivity (Wildman–Crippen MR) is 86.6 cm³/mol. The number of hydrogen-bond donors (Lipinski definition) is 2. The molecule has 106 valence electrons. The number of aliphatic carboxylic acids is 1. The number of benzene rings is 1. The largest absolute Gasteiger partial charge is 0.481 e. The van der Waals surface area contributed by atoms with Crippen molar-refractivity contribution in [2.45, 2.75) is 26.8 Å². The molecule has 2 aromatic rings. The fourth-order valence-corrected chi connectivity index (χ4v) is 3.84. The van der Waals surface area contributed by atoms with E-state index in [9.17, 15) is 4.79 Å². The van der Waals surface area contributed by atoms with Crippen molar-refractivity contribution < 1.29 is 9.90 Å². The van der Waals surface area contributed by atoms with Gasteiger partial charge in [-0.05, 0) is 59.1 Å². The van der Waals surface area contributed by atoms with Crippen LogP contribution in [0, 0.1) is 13.8 Å². The minimum Gasteiger partial charge on any atom is -0.481 e. The number of rotatable bonds is 5. The zero-order chi connectivity index (χ0) is 14.7. The van der Waals surface area contributed by atoms with Crippen LogP contribution in [0.5, 0.6) is 0 Å². The van der Waals surface area contributed by atoms with Gasteiger partial charge in [0.05, 0.1) is 12.1 Å². The Hall–Kier alpha value is -1.33. The Kier molecular flexibility index (Phi) is 4.83. The van der Waals surface area contributed by atoms with Gasteiger partial charge in [-0.25, -0.2) is 0 Å². The number of carboxylic acid groups (broad SMARTS) is 1. The van der Waals surface area contributed by atoms with E-state index < -0.39 is 5.97 Å². The van der Waals surface area contributed by atoms with Crippen LogP contribution in [0.15, 0.2) is 28.7 Å². The Morgan fingerprint density at radius 3 is 2.65 bits per heavy atom. The van der Waals surface area contributed by atoms with Crippen molar-refractivity contribution in [3.8, 4) is 0 Å². The summed E-state index contributed by atoms with van der Waals surface area (Å²) in [6.45, 7) is 4.84. The topological polar surface area (TPSA) is 49.3 Å². The lowest BCUT2D eigenvalue weighted by molar-refractivity contribution is -0.136. The van der Waals surface area contributed by atoms with Gasteiger partial charge in [0.15, 0.2) is 0 Å². The maximum atomic E-state index is 10.7. The predicted octanol–water partition coefficient (Wildman–Crippen LogP) is 4.37. The van der Waals surface area contributed by atoms with Crippen molar-refractivity contribution in [2.24, 2.45) is 0 Å². The van der Waals surface area contributed by atoms with Gasteiger partial charge in [0.2, 0.25) is 0 Å². The number of nitrogens with one attached hydrogen (secondary N) is 1. The first-order valence-electron chi connectivity index (χ1n) is 6.25. The highest BCUT2D eigenvalue weighted by atomic mass is 79.9. The number of halogens is 1. The Bertz CT molecular complexity index is 614. The minimum atomic E-state index is -0.788. The summed E-state index contributed by atoms with van der Waals surface area (Å²) >= 11 is 5.11. The molecule has 0 atom stereocenters. The summed E-state index contributed by atoms with van der Waals surface area (Å²) in [7, 11) is 0. The molecule has 20 heavy (non-hydrogen) atoms. The minimum absolute atomic E-state index is 0.0952. The summed E-state index contributed by atoms with van der Waals surface area (Å²) in [5.41, 5.74) is 3.50. The highest BCUT2D eigenvalue weighted by Crippen LogP contribution is 2.29. The Balaban J connectivity index is 2.05. The van der Waals surface area contributed by atoms with Crippen LogP contribution in [0.4, 0.5) is 5.69 Å². The average molecular weight is 354 g/mol. The third-order valence-corrected chi connectivity index (χ3v) is 4.62. The number of carboxylic acids is 1. The van der Waals surface area contributed by atoms with Crippen LogP contribution in [0.25, 0.3) is 0 Å². The molecule has 0 unspecified atom stereocenters. The third-order valence-electron chi connectivity index (χ3n) is 2.91. The van der Waals surface area contributed by atoms with Crippen molar-refractivity contribution in [2.75, 3.05) is 5.32 Å². The molecule has 0 spiro atoms. The second-order valence-corrected chi connectivity index (χ2v) is 6.84. The van der Waals surface area contributed by atoms with Crippen molar-refractivity contribution in [1.82, 2.24) is 0 Å². The smallest absolute Gasteiger partial charge is 0.308 e. The van der Waals surface area contributed by atoms with E-state index >= 15 is 0 Å². The first kappa shape index (κ1) is 15.1. The molecular formula is C15H16BrNO2S. The van der Waals surface area contributed by atoms with E-state index in [0.29, 0.717) is 6.54 Å². The van der Waals surface area contributed by atoms with Gasteiger partial charge in [0.1, 0.15) is 0 Å². The number of aryl methyl sites for hydroxylation is 2. The molecule has 0 amide bonds. The fourth-order valence-electron chi connectivity index (χ4n) is 2.08.